The van der Waals surface area contributed by atoms with Crippen LogP contribution in [0.3, 0.4) is 0 Å². The number of carboxylic acid groups (broad SMARTS) is 1. The second-order valence-electron chi connectivity index (χ2n) is 10.7. The predicted octanol–water partition coefficient (Wildman–Crippen LogP) is 3.13. The average Bonchev–Trinajstić information content (AvgIpc) is 3.25. The smallest absolute Gasteiger partial charge is 0.339 e. The first-order valence-corrected chi connectivity index (χ1v) is 13.3. The molecule has 6 atom stereocenters. The maximum atomic E-state index is 14.6. The van der Waals surface area contributed by atoms with Crippen LogP contribution in [0.15, 0.2) is 48.0 Å². The van der Waals surface area contributed by atoms with Gasteiger partial charge in [0, 0.05) is 24.6 Å². The van der Waals surface area contributed by atoms with Crippen LogP contribution in [0.1, 0.15) is 34.7 Å². The van der Waals surface area contributed by atoms with Gasteiger partial charge in [0.15, 0.2) is 21.3 Å². The molecule has 2 aliphatic heterocycles. The summed E-state index contributed by atoms with van der Waals surface area (Å²) in [6.07, 6.45) is 1.34. The Morgan fingerprint density at radius 2 is 1.73 bits per heavy atom. The van der Waals surface area contributed by atoms with Crippen LogP contribution in [-0.4, -0.2) is 66.6 Å². The van der Waals surface area contributed by atoms with Gasteiger partial charge >= 0.3 is 5.97 Å². The summed E-state index contributed by atoms with van der Waals surface area (Å²) in [6.45, 7) is 0. The Bertz CT molecular complexity index is 1640. The third kappa shape index (κ3) is 3.33. The van der Waals surface area contributed by atoms with E-state index in [2.05, 4.69) is 0 Å². The van der Waals surface area contributed by atoms with E-state index in [-0.39, 0.29) is 24.1 Å². The number of alkyl halides is 2. The third-order valence-corrected chi connectivity index (χ3v) is 10.2. The summed E-state index contributed by atoms with van der Waals surface area (Å²) in [5, 5.41) is 30.1. The van der Waals surface area contributed by atoms with Crippen LogP contribution in [0.25, 0.3) is 0 Å². The number of aromatic hydroxyl groups is 2. The summed E-state index contributed by atoms with van der Waals surface area (Å²) in [5.41, 5.74) is -0.205. The molecule has 10 nitrogen and oxygen atoms in total. The fourth-order valence-electron chi connectivity index (χ4n) is 6.95. The van der Waals surface area contributed by atoms with Crippen LogP contribution >= 0.6 is 23.2 Å². The zero-order chi connectivity index (χ0) is 29.8. The van der Waals surface area contributed by atoms with E-state index in [1.54, 1.807) is 6.08 Å². The van der Waals surface area contributed by atoms with Crippen LogP contribution < -0.4 is 4.90 Å². The molecule has 0 radical (unpaired) electrons. The minimum atomic E-state index is -2.18. The number of phenolic OH excluding ortho intramolecular Hbond substituents is 1. The van der Waals surface area contributed by atoms with E-state index in [0.29, 0.717) is 5.57 Å². The summed E-state index contributed by atoms with van der Waals surface area (Å²) in [4.78, 5) is 63.1. The lowest BCUT2D eigenvalue weighted by molar-refractivity contribution is -0.138. The number of halogens is 3. The van der Waals surface area contributed by atoms with E-state index >= 15 is 0 Å². The van der Waals surface area contributed by atoms with Gasteiger partial charge in [0.25, 0.3) is 11.8 Å². The highest BCUT2D eigenvalue weighted by Crippen LogP contribution is 2.66. The van der Waals surface area contributed by atoms with Gasteiger partial charge in [0.05, 0.1) is 17.5 Å². The minimum absolute atomic E-state index is 0.0174. The Labute approximate surface area is 241 Å². The molecular weight excluding hydrogens is 582 g/mol. The maximum absolute atomic E-state index is 14.6. The number of carbonyl (C=O) groups is 5. The molecule has 3 N–H and O–H groups in total. The minimum Gasteiger partial charge on any atom is -0.507 e. The normalized spacial score (nSPS) is 32.5. The molecule has 1 saturated carbocycles. The van der Waals surface area contributed by atoms with E-state index in [4.69, 9.17) is 23.2 Å². The number of aromatic carboxylic acids is 1. The molecule has 13 heteroatoms. The van der Waals surface area contributed by atoms with E-state index in [1.165, 1.54) is 25.2 Å². The van der Waals surface area contributed by atoms with E-state index in [0.717, 1.165) is 28.0 Å². The highest BCUT2D eigenvalue weighted by atomic mass is 35.5. The van der Waals surface area contributed by atoms with Gasteiger partial charge in [-0.05, 0) is 37.0 Å². The lowest BCUT2D eigenvalue weighted by Gasteiger charge is -2.50. The molecule has 2 aliphatic carbocycles. The fourth-order valence-corrected chi connectivity index (χ4v) is 7.96. The second kappa shape index (κ2) is 8.77. The van der Waals surface area contributed by atoms with Gasteiger partial charge in [-0.3, -0.25) is 24.1 Å². The van der Waals surface area contributed by atoms with Crippen molar-refractivity contribution in [2.45, 2.75) is 28.5 Å². The number of hydrogen-bond acceptors (Lipinski definition) is 7. The van der Waals surface area contributed by atoms with Crippen molar-refractivity contribution in [1.29, 1.82) is 0 Å². The number of anilines is 1. The molecule has 212 valence electrons. The number of phenols is 2. The molecule has 0 spiro atoms. The van der Waals surface area contributed by atoms with E-state index in [9.17, 15) is 43.7 Å². The molecule has 4 amide bonds. The van der Waals surface area contributed by atoms with Crippen LogP contribution in [0.4, 0.5) is 10.1 Å². The molecule has 2 heterocycles. The number of rotatable bonds is 3. The molecule has 2 aromatic rings. The quantitative estimate of drug-likeness (QED) is 0.275. The number of likely N-dealkylation sites (tertiary alicyclic amines) is 1. The zero-order valence-electron chi connectivity index (χ0n) is 21.2. The monoisotopic (exact) mass is 602 g/mol. The SMILES string of the molecule is CN1C(=O)C2(Cl)CC3C(=CCC4C(=O)N(c5ccc(C(=O)O)c(O)c5)C(=O)C43)C(c3cccc(F)c3O)C2(Cl)C1=O. The molecule has 6 rings (SSSR count). The molecule has 0 aromatic heterocycles. The van der Waals surface area contributed by atoms with Crippen molar-refractivity contribution in [3.63, 3.8) is 0 Å². The first kappa shape index (κ1) is 27.2. The fraction of sp³-hybridized carbons (Fsp3) is 0.321. The Morgan fingerprint density at radius 3 is 2.39 bits per heavy atom. The average molecular weight is 603 g/mol. The Balaban J connectivity index is 1.50. The summed E-state index contributed by atoms with van der Waals surface area (Å²) in [7, 11) is 1.21. The van der Waals surface area contributed by atoms with Gasteiger partial charge in [0.1, 0.15) is 11.3 Å². The molecule has 41 heavy (non-hydrogen) atoms. The second-order valence-corrected chi connectivity index (χ2v) is 11.9. The van der Waals surface area contributed by atoms with Crippen LogP contribution in [0, 0.1) is 23.6 Å². The number of para-hydroxylation sites is 1. The summed E-state index contributed by atoms with van der Waals surface area (Å²) >= 11 is 14.0. The molecular formula is C28H21Cl2FN2O8. The number of carboxylic acids is 1. The largest absolute Gasteiger partial charge is 0.507 e. The van der Waals surface area contributed by atoms with Gasteiger partial charge in [-0.1, -0.05) is 23.8 Å². The number of benzene rings is 2. The van der Waals surface area contributed by atoms with Crippen molar-refractivity contribution >= 4 is 58.5 Å². The Hall–Kier alpha value is -3.96. The van der Waals surface area contributed by atoms with Crippen molar-refractivity contribution < 1.29 is 43.7 Å². The van der Waals surface area contributed by atoms with Crippen molar-refractivity contribution in [2.75, 3.05) is 11.9 Å². The van der Waals surface area contributed by atoms with Gasteiger partial charge in [-0.25, -0.2) is 14.1 Å². The number of imide groups is 2. The van der Waals surface area contributed by atoms with Gasteiger partial charge in [0.2, 0.25) is 11.8 Å². The number of allylic oxidation sites excluding steroid dienone is 2. The van der Waals surface area contributed by atoms with Crippen molar-refractivity contribution in [3.05, 3.63) is 65.0 Å². The maximum Gasteiger partial charge on any atom is 0.339 e. The van der Waals surface area contributed by atoms with Gasteiger partial charge in [-0.15, -0.1) is 23.2 Å². The lowest BCUT2D eigenvalue weighted by atomic mass is 9.56. The van der Waals surface area contributed by atoms with Crippen LogP contribution in [0.2, 0.25) is 0 Å². The Kier molecular flexibility index (Phi) is 5.82. The molecule has 2 saturated heterocycles. The van der Waals surface area contributed by atoms with Crippen LogP contribution in [0.5, 0.6) is 11.5 Å². The number of fused-ring (bicyclic) bond motifs is 4. The number of amides is 4. The number of carbonyl (C=O) groups excluding carboxylic acids is 4. The molecule has 3 fully saturated rings. The lowest BCUT2D eigenvalue weighted by Crippen LogP contribution is -2.60. The van der Waals surface area contributed by atoms with Crippen molar-refractivity contribution in [1.82, 2.24) is 4.90 Å². The molecule has 2 aromatic carbocycles. The summed E-state index contributed by atoms with van der Waals surface area (Å²) in [6, 6.07) is 6.96. The first-order valence-electron chi connectivity index (χ1n) is 12.6. The first-order chi connectivity index (χ1) is 19.3. The van der Waals surface area contributed by atoms with E-state index in [1.807, 2.05) is 0 Å². The van der Waals surface area contributed by atoms with Gasteiger partial charge < -0.3 is 15.3 Å². The van der Waals surface area contributed by atoms with Crippen molar-refractivity contribution in [2.24, 2.45) is 17.8 Å². The predicted molar refractivity (Wildman–Crippen MR) is 141 cm³/mol. The van der Waals surface area contributed by atoms with Gasteiger partial charge in [-0.2, -0.15) is 0 Å². The highest BCUT2D eigenvalue weighted by molar-refractivity contribution is 6.53. The number of hydrogen-bond donors (Lipinski definition) is 3. The highest BCUT2D eigenvalue weighted by Gasteiger charge is 2.76. The molecule has 4 aliphatic rings. The Morgan fingerprint density at radius 1 is 1.02 bits per heavy atom. The van der Waals surface area contributed by atoms with E-state index < -0.39 is 85.9 Å². The van der Waals surface area contributed by atoms with Crippen molar-refractivity contribution in [3.8, 4) is 11.5 Å². The molecule has 6 unspecified atom stereocenters. The number of nitrogens with zero attached hydrogens (tertiary/aromatic N) is 2. The topological polar surface area (TPSA) is 153 Å². The summed E-state index contributed by atoms with van der Waals surface area (Å²) in [5.74, 6) is -11.0. The molecule has 0 bridgehead atoms. The summed E-state index contributed by atoms with van der Waals surface area (Å²) < 4.78 is 14.6. The third-order valence-electron chi connectivity index (χ3n) is 8.81. The standard InChI is InChI=1S/C28H21Cl2FN2O8/c1-32-25(40)27(29)10-16-12(20(28(27,30)26(32)41)15-3-2-4-17(31)21(15)35)7-8-14-19(16)23(37)33(22(14)36)11-5-6-13(24(38)39)18(34)9-11/h2-7,9,14,16,19-20,34-35H,8,10H2,1H3,(H,38,39). The van der Waals surface area contributed by atoms with Crippen LogP contribution in [-0.2, 0) is 19.2 Å². The zero-order valence-corrected chi connectivity index (χ0v) is 22.7.